The number of carbonyl (C=O) groups is 2. The normalized spacial score (nSPS) is 11.9. The Bertz CT molecular complexity index is 1040. The Morgan fingerprint density at radius 1 is 1.21 bits per heavy atom. The van der Waals surface area contributed by atoms with Gasteiger partial charge < -0.3 is 19.7 Å². The van der Waals surface area contributed by atoms with Crippen LogP contribution in [-0.2, 0) is 16.1 Å². The number of halogens is 1. The molecule has 0 saturated carbocycles. The van der Waals surface area contributed by atoms with Crippen molar-refractivity contribution in [2.24, 2.45) is 0 Å². The second-order valence-corrected chi connectivity index (χ2v) is 9.06. The number of carbonyl (C=O) groups excluding carboxylic acids is 2. The molecule has 34 heavy (non-hydrogen) atoms. The predicted molar refractivity (Wildman–Crippen MR) is 129 cm³/mol. The fourth-order valence-corrected chi connectivity index (χ4v) is 3.50. The topological polar surface area (TPSA) is 111 Å². The number of nitrogens with zero attached hydrogens (tertiary/aromatic N) is 2. The SMILES string of the molecule is CC[C@H](C(=O)NC(C)(C)C)N(Cc1ccccc1Cl)C(=O)COc1ccc([N+](=O)[O-])c(OC)c1. The van der Waals surface area contributed by atoms with Crippen LogP contribution < -0.4 is 14.8 Å². The van der Waals surface area contributed by atoms with Crippen LogP contribution in [0.15, 0.2) is 42.5 Å². The van der Waals surface area contributed by atoms with Gasteiger partial charge in [-0.1, -0.05) is 36.7 Å². The van der Waals surface area contributed by atoms with Gasteiger partial charge in [0.05, 0.1) is 12.0 Å². The van der Waals surface area contributed by atoms with E-state index in [1.54, 1.807) is 24.3 Å². The zero-order chi connectivity index (χ0) is 25.5. The Hall–Kier alpha value is -3.33. The van der Waals surface area contributed by atoms with Crippen molar-refractivity contribution < 1.29 is 24.0 Å². The first-order valence-corrected chi connectivity index (χ1v) is 11.1. The van der Waals surface area contributed by atoms with Crippen LogP contribution in [0.4, 0.5) is 5.69 Å². The Labute approximate surface area is 204 Å². The molecule has 0 heterocycles. The molecule has 10 heteroatoms. The van der Waals surface area contributed by atoms with E-state index in [-0.39, 0.29) is 36.2 Å². The second-order valence-electron chi connectivity index (χ2n) is 8.66. The number of methoxy groups -OCH3 is 1. The highest BCUT2D eigenvalue weighted by molar-refractivity contribution is 6.31. The zero-order valence-electron chi connectivity index (χ0n) is 20.0. The fourth-order valence-electron chi connectivity index (χ4n) is 3.31. The van der Waals surface area contributed by atoms with E-state index in [1.165, 1.54) is 30.2 Å². The Morgan fingerprint density at radius 3 is 2.44 bits per heavy atom. The van der Waals surface area contributed by atoms with Gasteiger partial charge in [0.1, 0.15) is 11.8 Å². The average molecular weight is 492 g/mol. The minimum atomic E-state index is -0.752. The highest BCUT2D eigenvalue weighted by Crippen LogP contribution is 2.31. The number of nitrogens with one attached hydrogen (secondary N) is 1. The van der Waals surface area contributed by atoms with Gasteiger partial charge in [0.2, 0.25) is 11.7 Å². The lowest BCUT2D eigenvalue weighted by atomic mass is 10.1. The van der Waals surface area contributed by atoms with Crippen LogP contribution in [0.5, 0.6) is 11.5 Å². The minimum absolute atomic E-state index is 0.0128. The number of hydrogen-bond acceptors (Lipinski definition) is 6. The first kappa shape index (κ1) is 26.9. The third-order valence-corrected chi connectivity index (χ3v) is 5.26. The second kappa shape index (κ2) is 11.7. The van der Waals surface area contributed by atoms with Gasteiger partial charge >= 0.3 is 5.69 Å². The smallest absolute Gasteiger partial charge is 0.311 e. The Morgan fingerprint density at radius 2 is 1.88 bits per heavy atom. The van der Waals surface area contributed by atoms with Crippen LogP contribution in [0.25, 0.3) is 0 Å². The van der Waals surface area contributed by atoms with Crippen molar-refractivity contribution in [3.05, 3.63) is 63.2 Å². The number of nitro benzene ring substituents is 1. The highest BCUT2D eigenvalue weighted by atomic mass is 35.5. The molecule has 0 aliphatic heterocycles. The zero-order valence-corrected chi connectivity index (χ0v) is 20.7. The number of amides is 2. The maximum atomic E-state index is 13.3. The summed E-state index contributed by atoms with van der Waals surface area (Å²) < 4.78 is 10.7. The minimum Gasteiger partial charge on any atom is -0.490 e. The first-order chi connectivity index (χ1) is 16.0. The molecule has 2 amide bonds. The summed E-state index contributed by atoms with van der Waals surface area (Å²) in [6.45, 7) is 7.14. The Balaban J connectivity index is 2.28. The number of ether oxygens (including phenoxy) is 2. The molecule has 0 aliphatic rings. The van der Waals surface area contributed by atoms with Gasteiger partial charge in [0, 0.05) is 29.2 Å². The molecule has 0 radical (unpaired) electrons. The summed E-state index contributed by atoms with van der Waals surface area (Å²) in [7, 11) is 1.31. The van der Waals surface area contributed by atoms with E-state index in [2.05, 4.69) is 5.32 Å². The van der Waals surface area contributed by atoms with E-state index >= 15 is 0 Å². The van der Waals surface area contributed by atoms with Crippen LogP contribution in [0.2, 0.25) is 5.02 Å². The summed E-state index contributed by atoms with van der Waals surface area (Å²) in [5.41, 5.74) is -0.00181. The van der Waals surface area contributed by atoms with Gasteiger partial charge in [-0.25, -0.2) is 0 Å². The van der Waals surface area contributed by atoms with Crippen molar-refractivity contribution in [1.82, 2.24) is 10.2 Å². The van der Waals surface area contributed by atoms with Crippen LogP contribution >= 0.6 is 11.6 Å². The molecule has 0 aromatic heterocycles. The summed E-state index contributed by atoms with van der Waals surface area (Å²) in [6, 6.07) is 10.3. The van der Waals surface area contributed by atoms with E-state index in [9.17, 15) is 19.7 Å². The number of hydrogen-bond donors (Lipinski definition) is 1. The molecule has 0 unspecified atom stereocenters. The third-order valence-electron chi connectivity index (χ3n) is 4.89. The van der Waals surface area contributed by atoms with Gasteiger partial charge in [-0.15, -0.1) is 0 Å². The number of rotatable bonds is 10. The van der Waals surface area contributed by atoms with Gasteiger partial charge in [-0.2, -0.15) is 0 Å². The van der Waals surface area contributed by atoms with Gasteiger partial charge in [0.25, 0.3) is 5.91 Å². The molecule has 2 rings (SSSR count). The molecular formula is C24H30ClN3O6. The van der Waals surface area contributed by atoms with Crippen molar-refractivity contribution in [1.29, 1.82) is 0 Å². The highest BCUT2D eigenvalue weighted by Gasteiger charge is 2.31. The van der Waals surface area contributed by atoms with Crippen LogP contribution in [-0.4, -0.2) is 46.9 Å². The van der Waals surface area contributed by atoms with E-state index in [1.807, 2.05) is 27.7 Å². The predicted octanol–water partition coefficient (Wildman–Crippen LogP) is 4.36. The molecule has 9 nitrogen and oxygen atoms in total. The summed E-state index contributed by atoms with van der Waals surface area (Å²) in [5.74, 6) is -0.486. The number of benzene rings is 2. The molecule has 1 atom stereocenters. The molecule has 0 fully saturated rings. The van der Waals surface area contributed by atoms with Crippen molar-refractivity contribution in [3.8, 4) is 11.5 Å². The van der Waals surface area contributed by atoms with E-state index in [0.717, 1.165) is 0 Å². The summed E-state index contributed by atoms with van der Waals surface area (Å²) in [4.78, 5) is 38.2. The quantitative estimate of drug-likeness (QED) is 0.390. The van der Waals surface area contributed by atoms with Crippen LogP contribution in [0.1, 0.15) is 39.7 Å². The lowest BCUT2D eigenvalue weighted by molar-refractivity contribution is -0.385. The van der Waals surface area contributed by atoms with Crippen LogP contribution in [0.3, 0.4) is 0 Å². The molecule has 184 valence electrons. The largest absolute Gasteiger partial charge is 0.490 e. The van der Waals surface area contributed by atoms with Crippen molar-refractivity contribution in [3.63, 3.8) is 0 Å². The van der Waals surface area contributed by atoms with Crippen molar-refractivity contribution in [2.75, 3.05) is 13.7 Å². The Kier molecular flexibility index (Phi) is 9.26. The third kappa shape index (κ3) is 7.34. The molecular weight excluding hydrogens is 462 g/mol. The standard InChI is InChI=1S/C24H30ClN3O6/c1-6-19(23(30)26-24(2,3)4)27(14-16-9-7-8-10-18(16)25)22(29)15-34-17-11-12-20(28(31)32)21(13-17)33-5/h7-13,19H,6,14-15H2,1-5H3,(H,26,30)/t19-/m1/s1. The monoisotopic (exact) mass is 491 g/mol. The van der Waals surface area contributed by atoms with Crippen molar-refractivity contribution in [2.45, 2.75) is 52.2 Å². The molecule has 2 aromatic rings. The molecule has 0 spiro atoms. The lowest BCUT2D eigenvalue weighted by Gasteiger charge is -2.33. The molecule has 0 bridgehead atoms. The van der Waals surface area contributed by atoms with Crippen molar-refractivity contribution >= 4 is 29.1 Å². The average Bonchev–Trinajstić information content (AvgIpc) is 2.77. The van der Waals surface area contributed by atoms with Gasteiger partial charge in [-0.05, 0) is 44.9 Å². The molecule has 1 N–H and O–H groups in total. The van der Waals surface area contributed by atoms with Gasteiger partial charge in [0.15, 0.2) is 6.61 Å². The maximum absolute atomic E-state index is 13.3. The van der Waals surface area contributed by atoms with Gasteiger partial charge in [-0.3, -0.25) is 19.7 Å². The summed E-state index contributed by atoms with van der Waals surface area (Å²) in [6.07, 6.45) is 0.378. The van der Waals surface area contributed by atoms with E-state index in [0.29, 0.717) is 17.0 Å². The molecule has 2 aromatic carbocycles. The molecule has 0 aliphatic carbocycles. The summed E-state index contributed by atoms with van der Waals surface area (Å²) >= 11 is 6.31. The van der Waals surface area contributed by atoms with E-state index in [4.69, 9.17) is 21.1 Å². The fraction of sp³-hybridized carbons (Fsp3) is 0.417. The van der Waals surface area contributed by atoms with Crippen LogP contribution in [0, 0.1) is 10.1 Å². The maximum Gasteiger partial charge on any atom is 0.311 e. The molecule has 0 saturated heterocycles. The number of nitro groups is 1. The van der Waals surface area contributed by atoms with E-state index < -0.39 is 22.4 Å². The lowest BCUT2D eigenvalue weighted by Crippen LogP contribution is -2.54. The summed E-state index contributed by atoms with van der Waals surface area (Å²) in [5, 5.41) is 14.5. The first-order valence-electron chi connectivity index (χ1n) is 10.8.